The van der Waals surface area contributed by atoms with Gasteiger partial charge in [0.05, 0.1) is 16.2 Å². The zero-order valence-corrected chi connectivity index (χ0v) is 13.9. The van der Waals surface area contributed by atoms with Gasteiger partial charge >= 0.3 is 6.03 Å². The van der Waals surface area contributed by atoms with Crippen LogP contribution in [-0.2, 0) is 10.3 Å². The number of hydrogen-bond acceptors (Lipinski definition) is 5. The van der Waals surface area contributed by atoms with Gasteiger partial charge in [-0.25, -0.2) is 4.79 Å². The van der Waals surface area contributed by atoms with Crippen molar-refractivity contribution in [2.75, 3.05) is 0 Å². The van der Waals surface area contributed by atoms with Gasteiger partial charge in [-0.3, -0.25) is 15.0 Å². The SMILES string of the molecule is C[C@@]1(c2ccco2)NC(=O)N(NC(=O)c2cc(Cl)sc2Cl)C1=O. The van der Waals surface area contributed by atoms with Gasteiger partial charge in [0.25, 0.3) is 11.8 Å². The van der Waals surface area contributed by atoms with Crippen molar-refractivity contribution in [3.63, 3.8) is 0 Å². The molecule has 1 fully saturated rings. The maximum absolute atomic E-state index is 12.5. The zero-order chi connectivity index (χ0) is 16.8. The molecule has 0 aromatic carbocycles. The van der Waals surface area contributed by atoms with Crippen LogP contribution in [0, 0.1) is 0 Å². The average molecular weight is 374 g/mol. The van der Waals surface area contributed by atoms with Crippen LogP contribution in [-0.4, -0.2) is 22.9 Å². The van der Waals surface area contributed by atoms with E-state index in [-0.39, 0.29) is 15.7 Å². The van der Waals surface area contributed by atoms with E-state index in [9.17, 15) is 14.4 Å². The fourth-order valence-electron chi connectivity index (χ4n) is 2.13. The fourth-order valence-corrected chi connectivity index (χ4v) is 3.59. The van der Waals surface area contributed by atoms with Gasteiger partial charge in [-0.1, -0.05) is 23.2 Å². The summed E-state index contributed by atoms with van der Waals surface area (Å²) in [7, 11) is 0. The number of furan rings is 1. The first-order valence-corrected chi connectivity index (χ1v) is 7.86. The third-order valence-corrected chi connectivity index (χ3v) is 4.81. The van der Waals surface area contributed by atoms with Gasteiger partial charge < -0.3 is 9.73 Å². The quantitative estimate of drug-likeness (QED) is 0.809. The number of nitrogens with zero attached hydrogens (tertiary/aromatic N) is 1. The molecule has 0 bridgehead atoms. The van der Waals surface area contributed by atoms with Gasteiger partial charge in [-0.15, -0.1) is 11.3 Å². The number of urea groups is 1. The topological polar surface area (TPSA) is 91.7 Å². The number of thiophene rings is 1. The molecule has 0 spiro atoms. The molecule has 4 amide bonds. The first-order chi connectivity index (χ1) is 10.8. The predicted octanol–water partition coefficient (Wildman–Crippen LogP) is 2.76. The predicted molar refractivity (Wildman–Crippen MR) is 83.2 cm³/mol. The van der Waals surface area contributed by atoms with Crippen molar-refractivity contribution in [3.8, 4) is 0 Å². The molecule has 10 heteroatoms. The Balaban J connectivity index is 1.84. The third-order valence-electron chi connectivity index (χ3n) is 3.32. The highest BCUT2D eigenvalue weighted by molar-refractivity contribution is 7.20. The lowest BCUT2D eigenvalue weighted by Crippen LogP contribution is -2.47. The summed E-state index contributed by atoms with van der Waals surface area (Å²) in [4.78, 5) is 36.7. The number of hydrogen-bond donors (Lipinski definition) is 2. The van der Waals surface area contributed by atoms with Gasteiger partial charge in [0.2, 0.25) is 0 Å². The van der Waals surface area contributed by atoms with Crippen LogP contribution in [0.1, 0.15) is 23.0 Å². The molecule has 2 aromatic heterocycles. The van der Waals surface area contributed by atoms with E-state index in [1.54, 1.807) is 12.1 Å². The highest BCUT2D eigenvalue weighted by Gasteiger charge is 2.52. The Kier molecular flexibility index (Phi) is 3.83. The van der Waals surface area contributed by atoms with Crippen molar-refractivity contribution in [1.82, 2.24) is 15.8 Å². The summed E-state index contributed by atoms with van der Waals surface area (Å²) in [6.07, 6.45) is 1.38. The second kappa shape index (κ2) is 5.55. The van der Waals surface area contributed by atoms with E-state index < -0.39 is 23.4 Å². The van der Waals surface area contributed by atoms with Gasteiger partial charge in [-0.05, 0) is 25.1 Å². The van der Waals surface area contributed by atoms with Crippen molar-refractivity contribution in [3.05, 3.63) is 44.5 Å². The summed E-state index contributed by atoms with van der Waals surface area (Å²) in [5.74, 6) is -1.14. The van der Waals surface area contributed by atoms with E-state index in [2.05, 4.69) is 10.7 Å². The van der Waals surface area contributed by atoms with Crippen molar-refractivity contribution < 1.29 is 18.8 Å². The zero-order valence-electron chi connectivity index (χ0n) is 11.6. The smallest absolute Gasteiger partial charge is 0.344 e. The molecule has 0 radical (unpaired) electrons. The standard InChI is InChI=1S/C13H9Cl2N3O4S/c1-13(7-3-2-4-22-7)11(20)18(12(21)16-13)17-10(19)6-5-8(14)23-9(6)15/h2-5H,1H3,(H,16,21)(H,17,19)/t13-/m0/s1. The van der Waals surface area contributed by atoms with Crippen LogP contribution in [0.25, 0.3) is 0 Å². The van der Waals surface area contributed by atoms with E-state index in [0.29, 0.717) is 9.35 Å². The summed E-state index contributed by atoms with van der Waals surface area (Å²) < 4.78 is 5.67. The number of imide groups is 1. The van der Waals surface area contributed by atoms with Crippen LogP contribution in [0.15, 0.2) is 28.9 Å². The molecule has 0 aliphatic carbocycles. The lowest BCUT2D eigenvalue weighted by atomic mass is 10.00. The summed E-state index contributed by atoms with van der Waals surface area (Å²) in [6, 6.07) is 3.72. The minimum atomic E-state index is -1.40. The van der Waals surface area contributed by atoms with Crippen molar-refractivity contribution >= 4 is 52.4 Å². The lowest BCUT2D eigenvalue weighted by molar-refractivity contribution is -0.133. The Labute approximate surface area is 144 Å². The van der Waals surface area contributed by atoms with Gasteiger partial charge in [0.15, 0.2) is 5.54 Å². The minimum Gasteiger partial charge on any atom is -0.466 e. The Morgan fingerprint density at radius 2 is 2.17 bits per heavy atom. The Morgan fingerprint density at radius 1 is 1.43 bits per heavy atom. The van der Waals surface area contributed by atoms with E-state index in [1.807, 2.05) is 0 Å². The Morgan fingerprint density at radius 3 is 2.74 bits per heavy atom. The average Bonchev–Trinajstić information content (AvgIpc) is 3.16. The molecule has 1 aliphatic heterocycles. The highest BCUT2D eigenvalue weighted by atomic mass is 35.5. The molecule has 1 atom stereocenters. The molecule has 7 nitrogen and oxygen atoms in total. The highest BCUT2D eigenvalue weighted by Crippen LogP contribution is 2.32. The summed E-state index contributed by atoms with van der Waals surface area (Å²) in [6.45, 7) is 1.48. The maximum atomic E-state index is 12.5. The lowest BCUT2D eigenvalue weighted by Gasteiger charge is -2.19. The first kappa shape index (κ1) is 15.9. The van der Waals surface area contributed by atoms with Crippen LogP contribution in [0.5, 0.6) is 0 Å². The van der Waals surface area contributed by atoms with Gasteiger partial charge in [0, 0.05) is 0 Å². The molecule has 1 saturated heterocycles. The molecule has 120 valence electrons. The number of hydrazine groups is 1. The number of nitrogens with one attached hydrogen (secondary N) is 2. The molecule has 23 heavy (non-hydrogen) atoms. The van der Waals surface area contributed by atoms with E-state index in [1.165, 1.54) is 19.3 Å². The van der Waals surface area contributed by atoms with E-state index >= 15 is 0 Å². The van der Waals surface area contributed by atoms with Crippen molar-refractivity contribution in [2.24, 2.45) is 0 Å². The maximum Gasteiger partial charge on any atom is 0.344 e. The number of amides is 4. The molecular formula is C13H9Cl2N3O4S. The molecule has 0 saturated carbocycles. The summed E-state index contributed by atoms with van der Waals surface area (Å²) >= 11 is 12.7. The Hall–Kier alpha value is -2.03. The number of carbonyl (C=O) groups is 3. The molecule has 2 N–H and O–H groups in total. The first-order valence-electron chi connectivity index (χ1n) is 6.29. The normalized spacial score (nSPS) is 20.7. The molecule has 2 aromatic rings. The monoisotopic (exact) mass is 373 g/mol. The number of carbonyl (C=O) groups excluding carboxylic acids is 3. The van der Waals surface area contributed by atoms with Crippen molar-refractivity contribution in [1.29, 1.82) is 0 Å². The van der Waals surface area contributed by atoms with Crippen LogP contribution < -0.4 is 10.7 Å². The molecular weight excluding hydrogens is 365 g/mol. The van der Waals surface area contributed by atoms with Gasteiger partial charge in [-0.2, -0.15) is 5.01 Å². The van der Waals surface area contributed by atoms with Crippen molar-refractivity contribution in [2.45, 2.75) is 12.5 Å². The van der Waals surface area contributed by atoms with Crippen LogP contribution >= 0.6 is 34.5 Å². The van der Waals surface area contributed by atoms with Crippen LogP contribution in [0.2, 0.25) is 8.67 Å². The second-order valence-electron chi connectivity index (χ2n) is 4.85. The second-order valence-corrected chi connectivity index (χ2v) is 7.14. The fraction of sp³-hybridized carbons (Fsp3) is 0.154. The van der Waals surface area contributed by atoms with Crippen LogP contribution in [0.4, 0.5) is 4.79 Å². The third kappa shape index (κ3) is 2.58. The van der Waals surface area contributed by atoms with Crippen LogP contribution in [0.3, 0.4) is 0 Å². The van der Waals surface area contributed by atoms with E-state index in [4.69, 9.17) is 27.6 Å². The molecule has 1 aliphatic rings. The molecule has 0 unspecified atom stereocenters. The molecule has 3 rings (SSSR count). The Bertz CT molecular complexity index is 804. The molecule has 3 heterocycles. The largest absolute Gasteiger partial charge is 0.466 e. The minimum absolute atomic E-state index is 0.0777. The summed E-state index contributed by atoms with van der Waals surface area (Å²) in [5.41, 5.74) is 0.900. The number of rotatable bonds is 3. The summed E-state index contributed by atoms with van der Waals surface area (Å²) in [5, 5.41) is 3.07. The van der Waals surface area contributed by atoms with E-state index in [0.717, 1.165) is 11.3 Å². The van der Waals surface area contributed by atoms with Gasteiger partial charge in [0.1, 0.15) is 10.1 Å². The number of halogens is 2.